The smallest absolute Gasteiger partial charge is 0.256 e. The average Bonchev–Trinajstić information content (AvgIpc) is 3.33. The van der Waals surface area contributed by atoms with Gasteiger partial charge in [-0.1, -0.05) is 36.4 Å². The summed E-state index contributed by atoms with van der Waals surface area (Å²) in [6, 6.07) is 11.0. The minimum atomic E-state index is -0.495. The molecular formula is C26H27FN2O2. The lowest BCUT2D eigenvalue weighted by molar-refractivity contribution is -0.131. The van der Waals surface area contributed by atoms with Gasteiger partial charge in [0.1, 0.15) is 5.82 Å². The van der Waals surface area contributed by atoms with Crippen molar-refractivity contribution < 1.29 is 14.0 Å². The predicted molar refractivity (Wildman–Crippen MR) is 119 cm³/mol. The highest BCUT2D eigenvalue weighted by molar-refractivity contribution is 5.95. The number of rotatable bonds is 5. The molecule has 2 aliphatic carbocycles. The lowest BCUT2D eigenvalue weighted by atomic mass is 9.98. The van der Waals surface area contributed by atoms with Crippen LogP contribution in [0.25, 0.3) is 17.2 Å². The lowest BCUT2D eigenvalue weighted by Crippen LogP contribution is -2.35. The second-order valence-corrected chi connectivity index (χ2v) is 9.11. The minimum Gasteiger partial charge on any atom is -0.342 e. The van der Waals surface area contributed by atoms with E-state index in [1.807, 2.05) is 17.0 Å². The summed E-state index contributed by atoms with van der Waals surface area (Å²) in [7, 11) is 1.72. The molecule has 2 aromatic carbocycles. The molecule has 3 aliphatic rings. The molecule has 2 aromatic rings. The van der Waals surface area contributed by atoms with Crippen molar-refractivity contribution in [3.05, 3.63) is 65.0 Å². The molecule has 1 heterocycles. The van der Waals surface area contributed by atoms with E-state index in [9.17, 15) is 14.0 Å². The number of carbonyl (C=O) groups excluding carboxylic acids is 2. The number of hydrogen-bond donors (Lipinski definition) is 0. The molecule has 4 nitrogen and oxygen atoms in total. The van der Waals surface area contributed by atoms with Crippen LogP contribution in [0.4, 0.5) is 4.39 Å². The molecule has 0 bridgehead atoms. The average molecular weight is 419 g/mol. The van der Waals surface area contributed by atoms with Crippen LogP contribution in [0.1, 0.15) is 40.7 Å². The van der Waals surface area contributed by atoms with Gasteiger partial charge in [0.15, 0.2) is 0 Å². The van der Waals surface area contributed by atoms with E-state index in [-0.39, 0.29) is 29.2 Å². The first kappa shape index (κ1) is 20.0. The van der Waals surface area contributed by atoms with Gasteiger partial charge in [-0.2, -0.15) is 0 Å². The summed E-state index contributed by atoms with van der Waals surface area (Å²) in [5, 5.41) is 0. The second kappa shape index (κ2) is 7.95. The summed E-state index contributed by atoms with van der Waals surface area (Å²) in [6.07, 6.45) is 8.04. The molecular weight excluding hydrogens is 391 g/mol. The van der Waals surface area contributed by atoms with Gasteiger partial charge in [0.05, 0.1) is 5.56 Å². The molecule has 31 heavy (non-hydrogen) atoms. The Hall–Kier alpha value is -2.95. The molecule has 1 saturated heterocycles. The zero-order chi connectivity index (χ0) is 21.5. The van der Waals surface area contributed by atoms with Crippen molar-refractivity contribution in [1.82, 2.24) is 9.80 Å². The summed E-state index contributed by atoms with van der Waals surface area (Å²) >= 11 is 0. The normalized spacial score (nSPS) is 19.5. The van der Waals surface area contributed by atoms with Gasteiger partial charge in [-0.25, -0.2) is 4.39 Å². The van der Waals surface area contributed by atoms with Gasteiger partial charge in [-0.3, -0.25) is 9.59 Å². The Labute approximate surface area is 182 Å². The Morgan fingerprint density at radius 1 is 1.10 bits per heavy atom. The highest BCUT2D eigenvalue weighted by Gasteiger charge is 2.37. The number of allylic oxidation sites excluding steroid dienone is 1. The van der Waals surface area contributed by atoms with Crippen LogP contribution in [-0.2, 0) is 11.2 Å². The zero-order valence-corrected chi connectivity index (χ0v) is 17.8. The van der Waals surface area contributed by atoms with Crippen LogP contribution in [-0.4, -0.2) is 48.3 Å². The fourth-order valence-electron chi connectivity index (χ4n) is 4.75. The predicted octanol–water partition coefficient (Wildman–Crippen LogP) is 4.39. The molecule has 0 spiro atoms. The molecule has 5 rings (SSSR count). The monoisotopic (exact) mass is 418 g/mol. The number of benzene rings is 2. The van der Waals surface area contributed by atoms with Crippen molar-refractivity contribution in [3.63, 3.8) is 0 Å². The second-order valence-electron chi connectivity index (χ2n) is 9.11. The molecule has 0 aromatic heterocycles. The van der Waals surface area contributed by atoms with Crippen LogP contribution in [0.15, 0.2) is 42.5 Å². The van der Waals surface area contributed by atoms with E-state index in [1.54, 1.807) is 18.0 Å². The van der Waals surface area contributed by atoms with Crippen molar-refractivity contribution in [2.75, 3.05) is 26.7 Å². The highest BCUT2D eigenvalue weighted by Crippen LogP contribution is 2.33. The van der Waals surface area contributed by atoms with Crippen molar-refractivity contribution in [2.45, 2.75) is 25.7 Å². The van der Waals surface area contributed by atoms with E-state index < -0.39 is 5.82 Å². The summed E-state index contributed by atoms with van der Waals surface area (Å²) < 4.78 is 14.9. The number of halogens is 1. The molecule has 0 N–H and O–H groups in total. The summed E-state index contributed by atoms with van der Waals surface area (Å²) in [4.78, 5) is 28.7. The van der Waals surface area contributed by atoms with Crippen LogP contribution in [0.5, 0.6) is 0 Å². The van der Waals surface area contributed by atoms with E-state index in [0.29, 0.717) is 13.1 Å². The van der Waals surface area contributed by atoms with Crippen LogP contribution in [0.3, 0.4) is 0 Å². The molecule has 2 fully saturated rings. The van der Waals surface area contributed by atoms with Crippen molar-refractivity contribution in [2.24, 2.45) is 11.8 Å². The maximum absolute atomic E-state index is 14.9. The van der Waals surface area contributed by atoms with Gasteiger partial charge < -0.3 is 9.80 Å². The number of fused-ring (bicyclic) bond motifs is 1. The van der Waals surface area contributed by atoms with Crippen LogP contribution >= 0.6 is 0 Å². The van der Waals surface area contributed by atoms with Crippen LogP contribution in [0.2, 0.25) is 0 Å². The van der Waals surface area contributed by atoms with Crippen LogP contribution in [0, 0.1) is 17.7 Å². The lowest BCUT2D eigenvalue weighted by Gasteiger charge is -2.22. The molecule has 1 aliphatic heterocycles. The van der Waals surface area contributed by atoms with Gasteiger partial charge in [-0.05, 0) is 66.0 Å². The number of likely N-dealkylation sites (tertiary alicyclic amines) is 1. The zero-order valence-electron chi connectivity index (χ0n) is 17.8. The first-order valence-corrected chi connectivity index (χ1v) is 11.1. The summed E-state index contributed by atoms with van der Waals surface area (Å²) in [5.74, 6) is -0.0637. The van der Waals surface area contributed by atoms with E-state index in [1.165, 1.54) is 17.2 Å². The molecule has 0 radical (unpaired) electrons. The Kier molecular flexibility index (Phi) is 5.12. The molecule has 2 amide bonds. The largest absolute Gasteiger partial charge is 0.342 e. The molecule has 0 unspecified atom stereocenters. The molecule has 160 valence electrons. The fourth-order valence-corrected chi connectivity index (χ4v) is 4.75. The first-order valence-electron chi connectivity index (χ1n) is 11.1. The Morgan fingerprint density at radius 3 is 2.65 bits per heavy atom. The van der Waals surface area contributed by atoms with E-state index in [4.69, 9.17) is 0 Å². The number of hydrogen-bond acceptors (Lipinski definition) is 2. The van der Waals surface area contributed by atoms with Gasteiger partial charge in [0, 0.05) is 32.6 Å². The molecule has 1 saturated carbocycles. The van der Waals surface area contributed by atoms with Crippen LogP contribution < -0.4 is 0 Å². The summed E-state index contributed by atoms with van der Waals surface area (Å²) in [5.41, 5.74) is 4.28. The molecule has 5 heteroatoms. The fraction of sp³-hybridized carbons (Fsp3) is 0.385. The van der Waals surface area contributed by atoms with E-state index in [2.05, 4.69) is 24.3 Å². The van der Waals surface area contributed by atoms with Gasteiger partial charge in [0.2, 0.25) is 5.91 Å². The Morgan fingerprint density at radius 2 is 1.87 bits per heavy atom. The third-order valence-corrected chi connectivity index (χ3v) is 6.71. The van der Waals surface area contributed by atoms with Crippen molar-refractivity contribution in [3.8, 4) is 11.1 Å². The topological polar surface area (TPSA) is 40.6 Å². The Bertz CT molecular complexity index is 1070. The third kappa shape index (κ3) is 4.01. The maximum Gasteiger partial charge on any atom is 0.256 e. The standard InChI is InChI=1S/C26H27FN2O2/c1-28(15-17-11-12-29(16-17)25(30)19-6-7-19)26(31)23-10-9-22(14-24(23)27)21-8-5-18-3-2-4-20(18)13-21/h2-3,5,8-10,13-14,17,19H,4,6-7,11-12,15-16H2,1H3/t17-/m0/s1. The van der Waals surface area contributed by atoms with E-state index >= 15 is 0 Å². The van der Waals surface area contributed by atoms with Gasteiger partial charge in [0.25, 0.3) is 5.91 Å². The summed E-state index contributed by atoms with van der Waals surface area (Å²) in [6.45, 7) is 2.00. The van der Waals surface area contributed by atoms with Crippen molar-refractivity contribution in [1.29, 1.82) is 0 Å². The highest BCUT2D eigenvalue weighted by atomic mass is 19.1. The number of carbonyl (C=O) groups is 2. The first-order chi connectivity index (χ1) is 15.0. The third-order valence-electron chi connectivity index (χ3n) is 6.71. The Balaban J connectivity index is 1.24. The van der Waals surface area contributed by atoms with Gasteiger partial charge in [-0.15, -0.1) is 0 Å². The number of amides is 2. The maximum atomic E-state index is 14.9. The number of nitrogens with zero attached hydrogens (tertiary/aromatic N) is 2. The van der Waals surface area contributed by atoms with E-state index in [0.717, 1.165) is 43.4 Å². The quantitative estimate of drug-likeness (QED) is 0.723. The minimum absolute atomic E-state index is 0.0954. The molecule has 1 atom stereocenters. The SMILES string of the molecule is CN(C[C@@H]1CCN(C(=O)C2CC2)C1)C(=O)c1ccc(-c2ccc3c(c2)CC=C3)cc1F. The van der Waals surface area contributed by atoms with Crippen molar-refractivity contribution >= 4 is 17.9 Å². The van der Waals surface area contributed by atoms with Gasteiger partial charge >= 0.3 is 0 Å².